The monoisotopic (exact) mass is 249 g/mol. The van der Waals surface area contributed by atoms with Gasteiger partial charge in [0, 0.05) is 12.1 Å². The van der Waals surface area contributed by atoms with Crippen LogP contribution in [0.15, 0.2) is 0 Å². The molecule has 2 aliphatic rings. The van der Waals surface area contributed by atoms with E-state index in [1.54, 1.807) is 0 Å². The summed E-state index contributed by atoms with van der Waals surface area (Å²) in [6.45, 7) is 2.10. The molecule has 3 atom stereocenters. The Hall–Kier alpha value is -0.250. The third-order valence-corrected chi connectivity index (χ3v) is 4.32. The van der Waals surface area contributed by atoms with Gasteiger partial charge in [-0.15, -0.1) is 0 Å². The van der Waals surface area contributed by atoms with Crippen molar-refractivity contribution in [1.29, 1.82) is 0 Å². The summed E-state index contributed by atoms with van der Waals surface area (Å²) < 4.78 is 39.1. The smallest absolute Gasteiger partial charge is 0.286 e. The first-order valence-electron chi connectivity index (χ1n) is 6.88. The Morgan fingerprint density at radius 1 is 1.12 bits per heavy atom. The number of halogens is 3. The first-order chi connectivity index (χ1) is 8.04. The molecule has 0 N–H and O–H groups in total. The molecule has 4 heteroatoms. The van der Waals surface area contributed by atoms with E-state index in [1.807, 2.05) is 4.90 Å². The van der Waals surface area contributed by atoms with Crippen LogP contribution in [0.4, 0.5) is 13.2 Å². The highest BCUT2D eigenvalue weighted by atomic mass is 19.4. The minimum atomic E-state index is -4.03. The van der Waals surface area contributed by atoms with Gasteiger partial charge in [0.05, 0.1) is 0 Å². The summed E-state index contributed by atoms with van der Waals surface area (Å²) >= 11 is 0. The van der Waals surface area contributed by atoms with Crippen LogP contribution in [0.1, 0.15) is 58.3 Å². The third-order valence-electron chi connectivity index (χ3n) is 4.32. The average molecular weight is 249 g/mol. The van der Waals surface area contributed by atoms with Crippen LogP contribution >= 0.6 is 0 Å². The fourth-order valence-electron chi connectivity index (χ4n) is 3.55. The highest BCUT2D eigenvalue weighted by Gasteiger charge is 2.51. The Balaban J connectivity index is 2.07. The molecule has 17 heavy (non-hydrogen) atoms. The maximum atomic E-state index is 13.0. The number of alkyl halides is 3. The zero-order valence-electron chi connectivity index (χ0n) is 10.5. The molecule has 0 saturated carbocycles. The van der Waals surface area contributed by atoms with Crippen molar-refractivity contribution in [3.63, 3.8) is 0 Å². The van der Waals surface area contributed by atoms with Gasteiger partial charge in [0.25, 0.3) is 0 Å². The predicted octanol–water partition coefficient (Wildman–Crippen LogP) is 4.12. The lowest BCUT2D eigenvalue weighted by molar-refractivity contribution is -0.200. The lowest BCUT2D eigenvalue weighted by Crippen LogP contribution is -2.53. The second-order valence-corrected chi connectivity index (χ2v) is 5.46. The van der Waals surface area contributed by atoms with Crippen LogP contribution < -0.4 is 0 Å². The Morgan fingerprint density at radius 2 is 1.88 bits per heavy atom. The minimum Gasteiger partial charge on any atom is -0.286 e. The number of hydrogen-bond acceptors (Lipinski definition) is 1. The van der Waals surface area contributed by atoms with Crippen molar-refractivity contribution in [3.8, 4) is 0 Å². The number of hydrogen-bond donors (Lipinski definition) is 0. The van der Waals surface area contributed by atoms with Crippen LogP contribution in [0.3, 0.4) is 0 Å². The Morgan fingerprint density at radius 3 is 2.53 bits per heavy atom. The van der Waals surface area contributed by atoms with Gasteiger partial charge in [-0.2, -0.15) is 13.2 Å². The molecule has 0 spiro atoms. The summed E-state index contributed by atoms with van der Waals surface area (Å²) in [6.07, 6.45) is 3.00. The summed E-state index contributed by atoms with van der Waals surface area (Å²) in [5.41, 5.74) is 0. The number of piperidine rings is 1. The molecule has 0 aliphatic carbocycles. The molecule has 2 rings (SSSR count). The number of nitrogens with zero attached hydrogens (tertiary/aromatic N) is 1. The van der Waals surface area contributed by atoms with Crippen LogP contribution in [0.5, 0.6) is 0 Å². The number of unbranched alkanes of at least 4 members (excludes halogenated alkanes) is 1. The Kier molecular flexibility index (Phi) is 4.01. The predicted molar refractivity (Wildman–Crippen MR) is 61.9 cm³/mol. The van der Waals surface area contributed by atoms with Crippen molar-refractivity contribution >= 4 is 0 Å². The lowest BCUT2D eigenvalue weighted by Gasteiger charge is -2.42. The second kappa shape index (κ2) is 5.17. The minimum absolute atomic E-state index is 0.187. The van der Waals surface area contributed by atoms with Gasteiger partial charge in [0.2, 0.25) is 0 Å². The zero-order chi connectivity index (χ0) is 12.5. The third kappa shape index (κ3) is 2.78. The van der Waals surface area contributed by atoms with Crippen LogP contribution in [-0.4, -0.2) is 29.2 Å². The number of rotatable bonds is 3. The molecule has 0 radical (unpaired) electrons. The van der Waals surface area contributed by atoms with Crippen molar-refractivity contribution in [2.75, 3.05) is 0 Å². The normalized spacial score (nSPS) is 34.9. The van der Waals surface area contributed by atoms with Crippen molar-refractivity contribution in [2.45, 2.75) is 82.6 Å². The molecule has 2 saturated heterocycles. The molecule has 2 aliphatic heterocycles. The zero-order valence-corrected chi connectivity index (χ0v) is 10.5. The van der Waals surface area contributed by atoms with E-state index in [0.717, 1.165) is 44.9 Å². The van der Waals surface area contributed by atoms with Crippen molar-refractivity contribution < 1.29 is 13.2 Å². The molecule has 2 fully saturated rings. The fraction of sp³-hybridized carbons (Fsp3) is 1.00. The molecular formula is C13H22F3N. The summed E-state index contributed by atoms with van der Waals surface area (Å²) in [6, 6.07) is -0.769. The summed E-state index contributed by atoms with van der Waals surface area (Å²) in [5.74, 6) is 0. The van der Waals surface area contributed by atoms with Gasteiger partial charge in [-0.25, -0.2) is 0 Å². The van der Waals surface area contributed by atoms with Gasteiger partial charge in [0.15, 0.2) is 0 Å². The van der Waals surface area contributed by atoms with E-state index in [4.69, 9.17) is 0 Å². The number of fused-ring (bicyclic) bond motifs is 1. The van der Waals surface area contributed by atoms with Gasteiger partial charge in [-0.3, -0.25) is 4.90 Å². The average Bonchev–Trinajstić information content (AvgIpc) is 2.68. The largest absolute Gasteiger partial charge is 0.404 e. The topological polar surface area (TPSA) is 3.24 Å². The standard InChI is InChI=1S/C13H22F3N/c1-2-3-5-10-8-9-11-6-4-7-12(17(10)11)13(14,15)16/h10-12H,2-9H2,1H3/t10-,11+,12-/m1/s1. The second-order valence-electron chi connectivity index (χ2n) is 5.46. The van der Waals surface area contributed by atoms with Gasteiger partial charge >= 0.3 is 6.18 Å². The van der Waals surface area contributed by atoms with E-state index in [2.05, 4.69) is 6.92 Å². The van der Waals surface area contributed by atoms with E-state index in [-0.39, 0.29) is 12.1 Å². The maximum Gasteiger partial charge on any atom is 0.404 e. The van der Waals surface area contributed by atoms with Crippen molar-refractivity contribution in [2.24, 2.45) is 0 Å². The fourth-order valence-corrected chi connectivity index (χ4v) is 3.55. The molecule has 2 heterocycles. The van der Waals surface area contributed by atoms with E-state index in [1.165, 1.54) is 0 Å². The maximum absolute atomic E-state index is 13.0. The Labute approximate surface area is 101 Å². The summed E-state index contributed by atoms with van der Waals surface area (Å²) in [7, 11) is 0. The van der Waals surface area contributed by atoms with E-state index in [0.29, 0.717) is 6.42 Å². The summed E-state index contributed by atoms with van der Waals surface area (Å²) in [4.78, 5) is 1.82. The van der Waals surface area contributed by atoms with E-state index in [9.17, 15) is 13.2 Å². The first-order valence-corrected chi connectivity index (χ1v) is 6.88. The molecule has 0 bridgehead atoms. The van der Waals surface area contributed by atoms with E-state index >= 15 is 0 Å². The molecule has 100 valence electrons. The highest BCUT2D eigenvalue weighted by molar-refractivity contribution is 4.97. The molecule has 0 aromatic carbocycles. The molecule has 0 amide bonds. The van der Waals surface area contributed by atoms with Crippen LogP contribution in [0.25, 0.3) is 0 Å². The van der Waals surface area contributed by atoms with Crippen LogP contribution in [0, 0.1) is 0 Å². The molecule has 0 unspecified atom stereocenters. The van der Waals surface area contributed by atoms with Gasteiger partial charge in [0.1, 0.15) is 6.04 Å². The van der Waals surface area contributed by atoms with Gasteiger partial charge in [-0.1, -0.05) is 19.8 Å². The van der Waals surface area contributed by atoms with Crippen LogP contribution in [0.2, 0.25) is 0 Å². The summed E-state index contributed by atoms with van der Waals surface area (Å²) in [5, 5.41) is 0. The van der Waals surface area contributed by atoms with E-state index < -0.39 is 12.2 Å². The lowest BCUT2D eigenvalue weighted by atomic mass is 9.95. The molecule has 0 aromatic heterocycles. The quantitative estimate of drug-likeness (QED) is 0.727. The molecule has 1 nitrogen and oxygen atoms in total. The molecular weight excluding hydrogens is 227 g/mol. The first kappa shape index (κ1) is 13.2. The Bertz CT molecular complexity index is 252. The van der Waals surface area contributed by atoms with Gasteiger partial charge in [-0.05, 0) is 38.5 Å². The SMILES string of the molecule is CCCC[C@@H]1CC[C@@H]2CCC[C@H](C(F)(F)F)N12. The van der Waals surface area contributed by atoms with Crippen molar-refractivity contribution in [1.82, 2.24) is 4.90 Å². The molecule has 0 aromatic rings. The van der Waals surface area contributed by atoms with Crippen LogP contribution in [-0.2, 0) is 0 Å². The van der Waals surface area contributed by atoms with Crippen molar-refractivity contribution in [3.05, 3.63) is 0 Å². The van der Waals surface area contributed by atoms with Gasteiger partial charge < -0.3 is 0 Å². The highest BCUT2D eigenvalue weighted by Crippen LogP contribution is 2.42.